The Kier molecular flexibility index (Phi) is 6.16. The van der Waals surface area contributed by atoms with Crippen molar-refractivity contribution < 1.29 is 8.78 Å². The average Bonchev–Trinajstić information content (AvgIpc) is 2.51. The molecule has 0 aromatic heterocycles. The van der Waals surface area contributed by atoms with E-state index < -0.39 is 0 Å². The summed E-state index contributed by atoms with van der Waals surface area (Å²) in [7, 11) is 0. The Labute approximate surface area is 127 Å². The van der Waals surface area contributed by atoms with E-state index in [1.54, 1.807) is 0 Å². The molecule has 21 heavy (non-hydrogen) atoms. The lowest BCUT2D eigenvalue weighted by Crippen LogP contribution is -2.35. The van der Waals surface area contributed by atoms with Gasteiger partial charge in [-0.2, -0.15) is 0 Å². The normalized spacial score (nSPS) is 24.0. The lowest BCUT2D eigenvalue weighted by Gasteiger charge is -2.38. The lowest BCUT2D eigenvalue weighted by atomic mass is 9.72. The van der Waals surface area contributed by atoms with E-state index in [2.05, 4.69) is 19.2 Å². The van der Waals surface area contributed by atoms with Gasteiger partial charge in [0.1, 0.15) is 11.6 Å². The van der Waals surface area contributed by atoms with Crippen molar-refractivity contribution in [1.29, 1.82) is 0 Å². The Morgan fingerprint density at radius 1 is 1.19 bits per heavy atom. The van der Waals surface area contributed by atoms with E-state index in [1.165, 1.54) is 37.5 Å². The molecule has 0 spiro atoms. The number of rotatable bonds is 6. The zero-order chi connectivity index (χ0) is 15.2. The highest BCUT2D eigenvalue weighted by Crippen LogP contribution is 2.41. The molecule has 1 N–H and O–H groups in total. The Morgan fingerprint density at radius 2 is 1.95 bits per heavy atom. The third-order valence-corrected chi connectivity index (χ3v) is 4.83. The second kappa shape index (κ2) is 7.88. The first-order chi connectivity index (χ1) is 10.2. The van der Waals surface area contributed by atoms with Crippen LogP contribution in [-0.4, -0.2) is 6.54 Å². The predicted molar refractivity (Wildman–Crippen MR) is 83.1 cm³/mol. The van der Waals surface area contributed by atoms with E-state index >= 15 is 0 Å². The Balaban J connectivity index is 2.30. The first-order valence-electron chi connectivity index (χ1n) is 8.35. The summed E-state index contributed by atoms with van der Waals surface area (Å²) in [6.45, 7) is 5.15. The first kappa shape index (κ1) is 16.4. The largest absolute Gasteiger partial charge is 0.310 e. The molecule has 1 fully saturated rings. The van der Waals surface area contributed by atoms with Gasteiger partial charge in [-0.25, -0.2) is 8.78 Å². The molecule has 3 heteroatoms. The molecule has 2 rings (SSSR count). The van der Waals surface area contributed by atoms with Crippen molar-refractivity contribution in [2.45, 2.75) is 58.4 Å². The molecule has 3 unspecified atom stereocenters. The molecule has 1 aliphatic carbocycles. The minimum absolute atomic E-state index is 0.0640. The molecule has 0 radical (unpaired) electrons. The molecule has 1 aliphatic rings. The molecule has 3 atom stereocenters. The summed E-state index contributed by atoms with van der Waals surface area (Å²) in [5.74, 6) is 0.381. The van der Waals surface area contributed by atoms with Crippen LogP contribution in [0.15, 0.2) is 18.2 Å². The minimum Gasteiger partial charge on any atom is -0.310 e. The van der Waals surface area contributed by atoms with E-state index in [-0.39, 0.29) is 17.7 Å². The SMILES string of the molecule is CCCNC(c1cc(F)ccc1F)C1CCCCC1CC. The molecule has 118 valence electrons. The highest BCUT2D eigenvalue weighted by atomic mass is 19.1. The van der Waals surface area contributed by atoms with Crippen LogP contribution in [-0.2, 0) is 0 Å². The average molecular weight is 295 g/mol. The van der Waals surface area contributed by atoms with E-state index in [0.29, 0.717) is 17.4 Å². The Bertz CT molecular complexity index is 447. The predicted octanol–water partition coefficient (Wildman–Crippen LogP) is 5.22. The highest BCUT2D eigenvalue weighted by molar-refractivity contribution is 5.23. The van der Waals surface area contributed by atoms with Crippen LogP contribution in [0.4, 0.5) is 8.78 Å². The summed E-state index contributed by atoms with van der Waals surface area (Å²) < 4.78 is 27.8. The van der Waals surface area contributed by atoms with Gasteiger partial charge in [-0.1, -0.05) is 39.5 Å². The smallest absolute Gasteiger partial charge is 0.128 e. The van der Waals surface area contributed by atoms with E-state index in [9.17, 15) is 8.78 Å². The van der Waals surface area contributed by atoms with Crippen molar-refractivity contribution in [3.63, 3.8) is 0 Å². The van der Waals surface area contributed by atoms with Crippen LogP contribution in [0.5, 0.6) is 0 Å². The fourth-order valence-electron chi connectivity index (χ4n) is 3.73. The van der Waals surface area contributed by atoms with Crippen molar-refractivity contribution >= 4 is 0 Å². The van der Waals surface area contributed by atoms with Gasteiger partial charge in [-0.3, -0.25) is 0 Å². The number of halogens is 2. The molecule has 1 aromatic carbocycles. The first-order valence-corrected chi connectivity index (χ1v) is 8.35. The maximum absolute atomic E-state index is 14.2. The highest BCUT2D eigenvalue weighted by Gasteiger charge is 2.32. The second-order valence-corrected chi connectivity index (χ2v) is 6.21. The van der Waals surface area contributed by atoms with E-state index in [0.717, 1.165) is 25.8 Å². The standard InChI is InChI=1S/C18H27F2N/c1-3-11-21-18(15-8-6-5-7-13(15)4-2)16-12-14(19)9-10-17(16)20/h9-10,12-13,15,18,21H,3-8,11H2,1-2H3. The van der Waals surface area contributed by atoms with Crippen LogP contribution in [0, 0.1) is 23.5 Å². The van der Waals surface area contributed by atoms with Gasteiger partial charge in [0.25, 0.3) is 0 Å². The summed E-state index contributed by atoms with van der Waals surface area (Å²) in [6, 6.07) is 3.78. The van der Waals surface area contributed by atoms with Crippen LogP contribution in [0.3, 0.4) is 0 Å². The third-order valence-electron chi connectivity index (χ3n) is 4.83. The van der Waals surface area contributed by atoms with E-state index in [1.807, 2.05) is 0 Å². The Hall–Kier alpha value is -0.960. The van der Waals surface area contributed by atoms with Gasteiger partial charge in [0.15, 0.2) is 0 Å². The number of nitrogens with one attached hydrogen (secondary N) is 1. The van der Waals surface area contributed by atoms with Crippen molar-refractivity contribution in [1.82, 2.24) is 5.32 Å². The van der Waals surface area contributed by atoms with Crippen molar-refractivity contribution in [3.8, 4) is 0 Å². The number of benzene rings is 1. The molecule has 1 saturated carbocycles. The number of hydrogen-bond acceptors (Lipinski definition) is 1. The van der Waals surface area contributed by atoms with Crippen LogP contribution in [0.2, 0.25) is 0 Å². The van der Waals surface area contributed by atoms with Crippen molar-refractivity contribution in [2.24, 2.45) is 11.8 Å². The zero-order valence-corrected chi connectivity index (χ0v) is 13.2. The van der Waals surface area contributed by atoms with Gasteiger partial charge in [-0.05, 0) is 49.4 Å². The van der Waals surface area contributed by atoms with Gasteiger partial charge >= 0.3 is 0 Å². The van der Waals surface area contributed by atoms with Gasteiger partial charge in [0.2, 0.25) is 0 Å². The summed E-state index contributed by atoms with van der Waals surface area (Å²) >= 11 is 0. The molecule has 0 saturated heterocycles. The molecule has 0 bridgehead atoms. The zero-order valence-electron chi connectivity index (χ0n) is 13.2. The molecule has 0 amide bonds. The molecule has 0 heterocycles. The minimum atomic E-state index is -0.349. The molecular weight excluding hydrogens is 268 g/mol. The third kappa shape index (κ3) is 4.03. The van der Waals surface area contributed by atoms with Crippen molar-refractivity contribution in [3.05, 3.63) is 35.4 Å². The summed E-state index contributed by atoms with van der Waals surface area (Å²) in [5, 5.41) is 3.48. The number of hydrogen-bond donors (Lipinski definition) is 1. The molecule has 1 aromatic rings. The summed E-state index contributed by atoms with van der Waals surface area (Å²) in [4.78, 5) is 0. The fraction of sp³-hybridized carbons (Fsp3) is 0.667. The van der Waals surface area contributed by atoms with Crippen molar-refractivity contribution in [2.75, 3.05) is 6.54 Å². The maximum Gasteiger partial charge on any atom is 0.128 e. The fourth-order valence-corrected chi connectivity index (χ4v) is 3.73. The van der Waals surface area contributed by atoms with Gasteiger partial charge in [-0.15, -0.1) is 0 Å². The molecule has 1 nitrogen and oxygen atoms in total. The van der Waals surface area contributed by atoms with Crippen LogP contribution in [0.1, 0.15) is 64.0 Å². The topological polar surface area (TPSA) is 12.0 Å². The lowest BCUT2D eigenvalue weighted by molar-refractivity contribution is 0.173. The van der Waals surface area contributed by atoms with Crippen LogP contribution < -0.4 is 5.32 Å². The van der Waals surface area contributed by atoms with Crippen LogP contribution >= 0.6 is 0 Å². The van der Waals surface area contributed by atoms with Crippen LogP contribution in [0.25, 0.3) is 0 Å². The maximum atomic E-state index is 14.2. The summed E-state index contributed by atoms with van der Waals surface area (Å²) in [5.41, 5.74) is 0.508. The Morgan fingerprint density at radius 3 is 2.67 bits per heavy atom. The van der Waals surface area contributed by atoms with Gasteiger partial charge < -0.3 is 5.32 Å². The van der Waals surface area contributed by atoms with E-state index in [4.69, 9.17) is 0 Å². The molecular formula is C18H27F2N. The van der Waals surface area contributed by atoms with Gasteiger partial charge in [0.05, 0.1) is 0 Å². The van der Waals surface area contributed by atoms with Gasteiger partial charge in [0, 0.05) is 11.6 Å². The quantitative estimate of drug-likeness (QED) is 0.758. The second-order valence-electron chi connectivity index (χ2n) is 6.21. The monoisotopic (exact) mass is 295 g/mol. The molecule has 0 aliphatic heterocycles. The summed E-state index contributed by atoms with van der Waals surface area (Å²) in [6.07, 6.45) is 6.89.